The molecule has 0 fully saturated rings. The van der Waals surface area contributed by atoms with Gasteiger partial charge in [-0.1, -0.05) is 36.0 Å². The molecular weight excluding hydrogens is 470 g/mol. The summed E-state index contributed by atoms with van der Waals surface area (Å²) in [6.07, 6.45) is 1.47. The van der Waals surface area contributed by atoms with Crippen LogP contribution in [0.5, 0.6) is 0 Å². The third-order valence-electron chi connectivity index (χ3n) is 5.39. The molecule has 1 aliphatic carbocycles. The molecule has 1 unspecified atom stereocenters. The van der Waals surface area contributed by atoms with Crippen LogP contribution in [0.1, 0.15) is 50.1 Å². The first kappa shape index (κ1) is 23.5. The zero-order chi connectivity index (χ0) is 24.2. The van der Waals surface area contributed by atoms with Crippen LogP contribution in [0.4, 0.5) is 5.00 Å². The Morgan fingerprint density at radius 3 is 2.56 bits per heavy atom. The maximum absolute atomic E-state index is 12.9. The van der Waals surface area contributed by atoms with Crippen molar-refractivity contribution in [1.29, 1.82) is 5.26 Å². The van der Waals surface area contributed by atoms with Crippen molar-refractivity contribution in [2.24, 2.45) is 5.73 Å². The van der Waals surface area contributed by atoms with E-state index < -0.39 is 23.9 Å². The second-order valence-corrected chi connectivity index (χ2v) is 9.86. The van der Waals surface area contributed by atoms with Crippen LogP contribution in [0.3, 0.4) is 0 Å². The molecule has 1 aromatic heterocycles. The molecule has 2 amide bonds. The number of nitrogens with one attached hydrogen (secondary N) is 1. The molecule has 9 heteroatoms. The zero-order valence-electron chi connectivity index (χ0n) is 18.3. The number of aryl methyl sites for hydroxylation is 1. The number of primary amides is 1. The average molecular weight is 492 g/mol. The Labute approximate surface area is 204 Å². The highest BCUT2D eigenvalue weighted by Crippen LogP contribution is 2.39. The van der Waals surface area contributed by atoms with Gasteiger partial charge in [0, 0.05) is 14.7 Å². The Balaban J connectivity index is 1.48. The van der Waals surface area contributed by atoms with Gasteiger partial charge in [-0.2, -0.15) is 5.26 Å². The van der Waals surface area contributed by atoms with E-state index >= 15 is 0 Å². The van der Waals surface area contributed by atoms with Crippen molar-refractivity contribution in [2.75, 3.05) is 5.32 Å². The van der Waals surface area contributed by atoms with Gasteiger partial charge in [0.25, 0.3) is 11.8 Å². The largest absolute Gasteiger partial charge is 0.449 e. The summed E-state index contributed by atoms with van der Waals surface area (Å²) >= 11 is 2.62. The summed E-state index contributed by atoms with van der Waals surface area (Å²) in [6, 6.07) is 16.1. The Hall–Kier alpha value is -3.61. The molecule has 0 bridgehead atoms. The van der Waals surface area contributed by atoms with E-state index in [1.807, 2.05) is 6.07 Å². The normalized spacial score (nSPS) is 12.9. The number of rotatable bonds is 7. The minimum Gasteiger partial charge on any atom is -0.449 e. The van der Waals surface area contributed by atoms with Crippen LogP contribution < -0.4 is 11.1 Å². The second-order valence-electron chi connectivity index (χ2n) is 7.67. The quantitative estimate of drug-likeness (QED) is 0.468. The van der Waals surface area contributed by atoms with Crippen molar-refractivity contribution in [3.63, 3.8) is 0 Å². The number of ether oxygens (including phenoxy) is 1. The summed E-state index contributed by atoms with van der Waals surface area (Å²) < 4.78 is 5.44. The van der Waals surface area contributed by atoms with Crippen LogP contribution in [0, 0.1) is 11.3 Å². The molecule has 4 rings (SSSR count). The van der Waals surface area contributed by atoms with Gasteiger partial charge in [0.15, 0.2) is 6.10 Å². The smallest absolute Gasteiger partial charge is 0.340 e. The van der Waals surface area contributed by atoms with Crippen molar-refractivity contribution in [3.8, 4) is 6.07 Å². The van der Waals surface area contributed by atoms with Crippen LogP contribution in [-0.4, -0.2) is 23.9 Å². The van der Waals surface area contributed by atoms with Crippen molar-refractivity contribution >= 4 is 45.9 Å². The van der Waals surface area contributed by atoms with Crippen LogP contribution in [0.25, 0.3) is 0 Å². The van der Waals surface area contributed by atoms with Gasteiger partial charge < -0.3 is 15.8 Å². The number of carbonyl (C=O) groups is 3. The van der Waals surface area contributed by atoms with E-state index in [2.05, 4.69) is 11.4 Å². The van der Waals surface area contributed by atoms with E-state index in [0.29, 0.717) is 25.9 Å². The fourth-order valence-electron chi connectivity index (χ4n) is 3.73. The molecule has 0 saturated heterocycles. The van der Waals surface area contributed by atoms with Crippen LogP contribution in [0.15, 0.2) is 58.3 Å². The lowest BCUT2D eigenvalue weighted by Crippen LogP contribution is -2.30. The number of nitrogens with two attached hydrogens (primary N) is 1. The number of benzene rings is 2. The Morgan fingerprint density at radius 2 is 1.82 bits per heavy atom. The Morgan fingerprint density at radius 1 is 1.12 bits per heavy atom. The lowest BCUT2D eigenvalue weighted by Gasteiger charge is -2.15. The van der Waals surface area contributed by atoms with Gasteiger partial charge in [-0.25, -0.2) is 4.79 Å². The van der Waals surface area contributed by atoms with Gasteiger partial charge in [0.05, 0.1) is 16.7 Å². The molecule has 0 saturated carbocycles. The van der Waals surface area contributed by atoms with Crippen LogP contribution in [0.2, 0.25) is 0 Å². The number of carbonyl (C=O) groups excluding carboxylic acids is 3. The van der Waals surface area contributed by atoms with E-state index in [1.165, 1.54) is 30.0 Å². The second kappa shape index (κ2) is 10.1. The van der Waals surface area contributed by atoms with Gasteiger partial charge in [-0.3, -0.25) is 9.59 Å². The molecule has 3 aromatic rings. The number of nitrogens with zero attached hydrogens (tertiary/aromatic N) is 1. The van der Waals surface area contributed by atoms with E-state index in [0.717, 1.165) is 29.7 Å². The number of amides is 2. The summed E-state index contributed by atoms with van der Waals surface area (Å²) in [5.74, 6) is -1.79. The Kier molecular flexibility index (Phi) is 7.01. The summed E-state index contributed by atoms with van der Waals surface area (Å²) in [6.45, 7) is 1.47. The van der Waals surface area contributed by atoms with Gasteiger partial charge in [0.1, 0.15) is 11.1 Å². The molecule has 3 N–H and O–H groups in total. The van der Waals surface area contributed by atoms with Gasteiger partial charge >= 0.3 is 5.97 Å². The molecule has 34 heavy (non-hydrogen) atoms. The van der Waals surface area contributed by atoms with Crippen molar-refractivity contribution in [3.05, 3.63) is 75.7 Å². The van der Waals surface area contributed by atoms with E-state index in [4.69, 9.17) is 10.5 Å². The number of esters is 1. The monoisotopic (exact) mass is 491 g/mol. The van der Waals surface area contributed by atoms with E-state index in [9.17, 15) is 19.6 Å². The standard InChI is InChI=1S/C25H21N3O4S2/c1-14(23(30)28-24-21(22(27)29)16-9-6-12-19(16)34-24)32-25(31)17-8-3-5-11-20(17)33-18-10-4-2-7-15(18)13-26/h2-5,7-8,10-11,14H,6,9,12H2,1H3,(H2,27,29)(H,28,30). The molecule has 1 atom stereocenters. The third-order valence-corrected chi connectivity index (χ3v) is 7.75. The topological polar surface area (TPSA) is 122 Å². The van der Waals surface area contributed by atoms with Gasteiger partial charge in [0.2, 0.25) is 0 Å². The summed E-state index contributed by atoms with van der Waals surface area (Å²) in [5, 5.41) is 12.4. The maximum atomic E-state index is 12.9. The molecule has 0 aliphatic heterocycles. The minimum absolute atomic E-state index is 0.285. The molecule has 172 valence electrons. The predicted octanol–water partition coefficient (Wildman–Crippen LogP) is 4.54. The highest BCUT2D eigenvalue weighted by atomic mass is 32.2. The SMILES string of the molecule is CC(OC(=O)c1ccccc1Sc1ccccc1C#N)C(=O)Nc1sc2c(c1C(N)=O)CCC2. The van der Waals surface area contributed by atoms with Crippen molar-refractivity contribution in [1.82, 2.24) is 0 Å². The fourth-order valence-corrected chi connectivity index (χ4v) is 6.05. The lowest BCUT2D eigenvalue weighted by molar-refractivity contribution is -0.123. The molecule has 1 heterocycles. The first-order valence-electron chi connectivity index (χ1n) is 10.6. The van der Waals surface area contributed by atoms with Gasteiger partial charge in [-0.05, 0) is 56.0 Å². The van der Waals surface area contributed by atoms with Crippen molar-refractivity contribution in [2.45, 2.75) is 42.1 Å². The first-order chi connectivity index (χ1) is 16.4. The number of fused-ring (bicyclic) bond motifs is 1. The summed E-state index contributed by atoms with van der Waals surface area (Å²) in [5.41, 5.74) is 7.58. The summed E-state index contributed by atoms with van der Waals surface area (Å²) in [7, 11) is 0. The van der Waals surface area contributed by atoms with E-state index in [1.54, 1.807) is 42.5 Å². The number of hydrogen-bond donors (Lipinski definition) is 2. The van der Waals surface area contributed by atoms with Crippen LogP contribution in [-0.2, 0) is 22.4 Å². The fraction of sp³-hybridized carbons (Fsp3) is 0.200. The maximum Gasteiger partial charge on any atom is 0.340 e. The predicted molar refractivity (Wildman–Crippen MR) is 130 cm³/mol. The van der Waals surface area contributed by atoms with Crippen molar-refractivity contribution < 1.29 is 19.1 Å². The molecule has 0 spiro atoms. The highest BCUT2D eigenvalue weighted by Gasteiger charge is 2.28. The average Bonchev–Trinajstić information content (AvgIpc) is 3.40. The number of nitriles is 1. The molecule has 2 aromatic carbocycles. The zero-order valence-corrected chi connectivity index (χ0v) is 19.9. The lowest BCUT2D eigenvalue weighted by atomic mass is 10.1. The molecule has 0 radical (unpaired) electrons. The number of anilines is 1. The number of hydrogen-bond acceptors (Lipinski definition) is 7. The third kappa shape index (κ3) is 4.83. The van der Waals surface area contributed by atoms with Gasteiger partial charge in [-0.15, -0.1) is 11.3 Å². The molecule has 7 nitrogen and oxygen atoms in total. The summed E-state index contributed by atoms with van der Waals surface area (Å²) in [4.78, 5) is 40.0. The number of thiophene rings is 1. The highest BCUT2D eigenvalue weighted by molar-refractivity contribution is 7.99. The van der Waals surface area contributed by atoms with Crippen LogP contribution >= 0.6 is 23.1 Å². The molecular formula is C25H21N3O4S2. The minimum atomic E-state index is -1.10. The Bertz CT molecular complexity index is 1330. The molecule has 1 aliphatic rings. The first-order valence-corrected chi connectivity index (χ1v) is 12.2. The van der Waals surface area contributed by atoms with E-state index in [-0.39, 0.29) is 5.56 Å².